The van der Waals surface area contributed by atoms with Gasteiger partial charge in [-0.05, 0) is 69.8 Å². The molecule has 1 aliphatic carbocycles. The molecule has 1 nitrogen and oxygen atoms in total. The molecule has 4 aromatic rings. The van der Waals surface area contributed by atoms with Gasteiger partial charge in [-0.1, -0.05) is 111 Å². The van der Waals surface area contributed by atoms with E-state index in [4.69, 9.17) is 0 Å². The monoisotopic (exact) mass is 432 g/mol. The second-order valence-electron chi connectivity index (χ2n) is 9.19. The summed E-state index contributed by atoms with van der Waals surface area (Å²) in [4.78, 5) is 0. The zero-order valence-corrected chi connectivity index (χ0v) is 19.5. The first kappa shape index (κ1) is 21.5. The molecule has 33 heavy (non-hydrogen) atoms. The quantitative estimate of drug-likeness (QED) is 0.243. The highest BCUT2D eigenvalue weighted by atomic mass is 16.3. The third-order valence-corrected chi connectivity index (χ3v) is 7.00. The van der Waals surface area contributed by atoms with Crippen LogP contribution in [0, 0.1) is 0 Å². The number of aryl methyl sites for hydroxylation is 1. The van der Waals surface area contributed by atoms with Crippen molar-refractivity contribution in [2.45, 2.75) is 51.9 Å². The topological polar surface area (TPSA) is 20.2 Å². The molecule has 4 aromatic carbocycles. The maximum absolute atomic E-state index is 11.1. The summed E-state index contributed by atoms with van der Waals surface area (Å²) in [5.74, 6) is 0.360. The lowest BCUT2D eigenvalue weighted by atomic mass is 9.84. The maximum Gasteiger partial charge on any atom is 0.124 e. The van der Waals surface area contributed by atoms with E-state index in [0.29, 0.717) is 5.75 Å². The summed E-state index contributed by atoms with van der Waals surface area (Å²) in [5, 5.41) is 11.1. The van der Waals surface area contributed by atoms with Gasteiger partial charge in [0, 0.05) is 5.56 Å². The normalized spacial score (nSPS) is 11.9. The molecule has 0 aliphatic heterocycles. The fraction of sp³-hybridized carbons (Fsp3) is 0.250. The number of unbranched alkanes of at least 4 members (excludes halogenated alkanes) is 4. The van der Waals surface area contributed by atoms with Gasteiger partial charge in [-0.2, -0.15) is 0 Å². The minimum atomic E-state index is 0.360. The highest BCUT2D eigenvalue weighted by molar-refractivity contribution is 5.94. The summed E-state index contributed by atoms with van der Waals surface area (Å²) in [6, 6.07) is 29.9. The zero-order chi connectivity index (χ0) is 22.6. The largest absolute Gasteiger partial charge is 0.507 e. The van der Waals surface area contributed by atoms with Crippen molar-refractivity contribution >= 4 is 0 Å². The van der Waals surface area contributed by atoms with Gasteiger partial charge in [-0.25, -0.2) is 0 Å². The van der Waals surface area contributed by atoms with Crippen LogP contribution in [0.3, 0.4) is 0 Å². The lowest BCUT2D eigenvalue weighted by Gasteiger charge is -2.20. The van der Waals surface area contributed by atoms with E-state index in [9.17, 15) is 5.11 Å². The molecule has 1 heteroatoms. The van der Waals surface area contributed by atoms with Gasteiger partial charge in [0.15, 0.2) is 0 Å². The SMILES string of the molecule is CCCCCCCc1ccc(O)c(-c2ccccc2)c1-c1cccc2c1Cc1ccccc1-2. The van der Waals surface area contributed by atoms with Crippen molar-refractivity contribution in [1.29, 1.82) is 0 Å². The Kier molecular flexibility index (Phi) is 6.30. The van der Waals surface area contributed by atoms with Crippen LogP contribution >= 0.6 is 0 Å². The molecule has 0 unspecified atom stereocenters. The van der Waals surface area contributed by atoms with E-state index in [0.717, 1.165) is 24.0 Å². The van der Waals surface area contributed by atoms with Gasteiger partial charge >= 0.3 is 0 Å². The van der Waals surface area contributed by atoms with E-state index in [-0.39, 0.29) is 0 Å². The number of phenols is 1. The zero-order valence-electron chi connectivity index (χ0n) is 19.5. The molecule has 0 saturated heterocycles. The number of phenolic OH excluding ortho intramolecular Hbond substituents is 1. The van der Waals surface area contributed by atoms with Crippen molar-refractivity contribution in [2.75, 3.05) is 0 Å². The van der Waals surface area contributed by atoms with Crippen molar-refractivity contribution < 1.29 is 5.11 Å². The van der Waals surface area contributed by atoms with Gasteiger partial charge in [-0.3, -0.25) is 0 Å². The minimum Gasteiger partial charge on any atom is -0.507 e. The van der Waals surface area contributed by atoms with Crippen LogP contribution in [-0.4, -0.2) is 5.11 Å². The van der Waals surface area contributed by atoms with Gasteiger partial charge in [-0.15, -0.1) is 0 Å². The average molecular weight is 433 g/mol. The molecule has 5 rings (SSSR count). The van der Waals surface area contributed by atoms with Gasteiger partial charge in [0.05, 0.1) is 0 Å². The highest BCUT2D eigenvalue weighted by Crippen LogP contribution is 2.47. The standard InChI is InChI=1S/C32H32O/c1-2-3-4-5-7-15-24-20-21-30(33)32(23-13-8-6-9-14-23)31(24)28-19-12-18-27-26-17-11-10-16-25(26)22-29(27)28/h6,8-14,16-21,33H,2-5,7,15,22H2,1H3. The summed E-state index contributed by atoms with van der Waals surface area (Å²) in [5.41, 5.74) is 11.3. The maximum atomic E-state index is 11.1. The molecule has 0 fully saturated rings. The Balaban J connectivity index is 1.65. The Morgan fingerprint density at radius 1 is 0.636 bits per heavy atom. The van der Waals surface area contributed by atoms with Crippen LogP contribution < -0.4 is 0 Å². The van der Waals surface area contributed by atoms with Crippen LogP contribution in [-0.2, 0) is 12.8 Å². The molecule has 1 aliphatic rings. The predicted octanol–water partition coefficient (Wildman–Crippen LogP) is 8.81. The van der Waals surface area contributed by atoms with E-state index < -0.39 is 0 Å². The van der Waals surface area contributed by atoms with E-state index in [1.807, 2.05) is 12.1 Å². The molecular formula is C32H32O. The van der Waals surface area contributed by atoms with Crippen LogP contribution in [0.2, 0.25) is 0 Å². The van der Waals surface area contributed by atoms with Crippen molar-refractivity contribution in [2.24, 2.45) is 0 Å². The van der Waals surface area contributed by atoms with E-state index in [1.54, 1.807) is 0 Å². The van der Waals surface area contributed by atoms with Gasteiger partial charge in [0.2, 0.25) is 0 Å². The van der Waals surface area contributed by atoms with E-state index in [2.05, 4.69) is 79.7 Å². The summed E-state index contributed by atoms with van der Waals surface area (Å²) in [6.07, 6.45) is 8.29. The molecule has 0 saturated carbocycles. The van der Waals surface area contributed by atoms with E-state index in [1.165, 1.54) is 71.0 Å². The van der Waals surface area contributed by atoms with Crippen LogP contribution in [0.1, 0.15) is 55.7 Å². The smallest absolute Gasteiger partial charge is 0.124 e. The van der Waals surface area contributed by atoms with Crippen molar-refractivity contribution in [3.8, 4) is 39.1 Å². The van der Waals surface area contributed by atoms with Gasteiger partial charge < -0.3 is 5.11 Å². The van der Waals surface area contributed by atoms with Crippen LogP contribution in [0.4, 0.5) is 0 Å². The first-order chi connectivity index (χ1) is 16.3. The molecule has 166 valence electrons. The molecule has 0 bridgehead atoms. The third-order valence-electron chi connectivity index (χ3n) is 7.00. The second-order valence-corrected chi connectivity index (χ2v) is 9.19. The summed E-state index contributed by atoms with van der Waals surface area (Å²) < 4.78 is 0. The van der Waals surface area contributed by atoms with Crippen molar-refractivity contribution in [3.63, 3.8) is 0 Å². The molecule has 1 N–H and O–H groups in total. The fourth-order valence-corrected chi connectivity index (χ4v) is 5.36. The molecular weight excluding hydrogens is 400 g/mol. The molecule has 0 heterocycles. The Morgan fingerprint density at radius 2 is 1.36 bits per heavy atom. The first-order valence-electron chi connectivity index (χ1n) is 12.4. The molecule has 0 aromatic heterocycles. The third kappa shape index (κ3) is 4.20. The Bertz CT molecular complexity index is 1250. The first-order valence-corrected chi connectivity index (χ1v) is 12.4. The van der Waals surface area contributed by atoms with Gasteiger partial charge in [0.1, 0.15) is 5.75 Å². The lowest BCUT2D eigenvalue weighted by molar-refractivity contribution is 0.477. The minimum absolute atomic E-state index is 0.360. The number of rotatable bonds is 8. The molecule has 0 atom stereocenters. The Hall–Kier alpha value is -3.32. The number of aromatic hydroxyl groups is 1. The highest BCUT2D eigenvalue weighted by Gasteiger charge is 2.25. The van der Waals surface area contributed by atoms with Crippen molar-refractivity contribution in [3.05, 3.63) is 102 Å². The van der Waals surface area contributed by atoms with Crippen LogP contribution in [0.25, 0.3) is 33.4 Å². The Labute approximate surface area is 197 Å². The molecule has 0 radical (unpaired) electrons. The summed E-state index contributed by atoms with van der Waals surface area (Å²) >= 11 is 0. The molecule has 0 spiro atoms. The van der Waals surface area contributed by atoms with E-state index >= 15 is 0 Å². The lowest BCUT2D eigenvalue weighted by Crippen LogP contribution is -1.98. The number of hydrogen-bond acceptors (Lipinski definition) is 1. The summed E-state index contributed by atoms with van der Waals surface area (Å²) in [6.45, 7) is 2.26. The van der Waals surface area contributed by atoms with Crippen LogP contribution in [0.15, 0.2) is 84.9 Å². The summed E-state index contributed by atoms with van der Waals surface area (Å²) in [7, 11) is 0. The fourth-order valence-electron chi connectivity index (χ4n) is 5.36. The number of benzene rings is 4. The second kappa shape index (κ2) is 9.67. The number of fused-ring (bicyclic) bond motifs is 3. The predicted molar refractivity (Wildman–Crippen MR) is 140 cm³/mol. The Morgan fingerprint density at radius 3 is 2.21 bits per heavy atom. The average Bonchev–Trinajstić information content (AvgIpc) is 3.24. The van der Waals surface area contributed by atoms with Crippen molar-refractivity contribution in [1.82, 2.24) is 0 Å². The molecule has 0 amide bonds. The van der Waals surface area contributed by atoms with Gasteiger partial charge in [0.25, 0.3) is 0 Å². The van der Waals surface area contributed by atoms with Crippen LogP contribution in [0.5, 0.6) is 5.75 Å². The number of hydrogen-bond donors (Lipinski definition) is 1.